The number of sulfonamides is 1. The molecule has 0 bridgehead atoms. The van der Waals surface area contributed by atoms with Crippen molar-refractivity contribution in [3.8, 4) is 0 Å². The molecule has 0 radical (unpaired) electrons. The summed E-state index contributed by atoms with van der Waals surface area (Å²) in [7, 11) is -1.48. The van der Waals surface area contributed by atoms with Crippen LogP contribution in [0.1, 0.15) is 30.0 Å². The minimum atomic E-state index is -3.21. The highest BCUT2D eigenvalue weighted by molar-refractivity contribution is 7.89. The Morgan fingerprint density at radius 3 is 2.78 bits per heavy atom. The van der Waals surface area contributed by atoms with Crippen molar-refractivity contribution < 1.29 is 13.2 Å². The van der Waals surface area contributed by atoms with E-state index in [0.717, 1.165) is 45.7 Å². The lowest BCUT2D eigenvalue weighted by Crippen LogP contribution is -2.38. The van der Waals surface area contributed by atoms with Crippen LogP contribution in [0.4, 0.5) is 0 Å². The van der Waals surface area contributed by atoms with E-state index in [9.17, 15) is 8.42 Å². The molecule has 5 nitrogen and oxygen atoms in total. The van der Waals surface area contributed by atoms with Gasteiger partial charge in [-0.15, -0.1) is 0 Å². The number of hydrogen-bond acceptors (Lipinski definition) is 4. The van der Waals surface area contributed by atoms with E-state index in [0.29, 0.717) is 6.42 Å². The molecule has 1 saturated heterocycles. The summed E-state index contributed by atoms with van der Waals surface area (Å²) in [6.45, 7) is 4.16. The minimum Gasteiger partial charge on any atom is -0.379 e. The quantitative estimate of drug-likeness (QED) is 0.791. The molecule has 2 aliphatic rings. The number of hydrogen-bond donors (Lipinski definition) is 0. The summed E-state index contributed by atoms with van der Waals surface area (Å²) in [6.07, 6.45) is 2.54. The first kappa shape index (κ1) is 16.9. The van der Waals surface area contributed by atoms with Crippen LogP contribution in [0.2, 0.25) is 0 Å². The molecule has 6 heteroatoms. The second-order valence-electron chi connectivity index (χ2n) is 6.39. The molecule has 1 aliphatic carbocycles. The van der Waals surface area contributed by atoms with E-state index in [1.54, 1.807) is 11.4 Å². The summed E-state index contributed by atoms with van der Waals surface area (Å²) in [5.74, 6) is 0.222. The van der Waals surface area contributed by atoms with Gasteiger partial charge in [-0.05, 0) is 36.9 Å². The maximum absolute atomic E-state index is 12.7. The average Bonchev–Trinajstić information content (AvgIpc) is 2.99. The molecule has 3 rings (SSSR count). The Morgan fingerprint density at radius 1 is 1.26 bits per heavy atom. The number of rotatable bonds is 6. The molecule has 1 fully saturated rings. The summed E-state index contributed by atoms with van der Waals surface area (Å²) >= 11 is 0. The van der Waals surface area contributed by atoms with Crippen molar-refractivity contribution in [3.05, 3.63) is 35.4 Å². The van der Waals surface area contributed by atoms with Gasteiger partial charge in [-0.3, -0.25) is 4.90 Å². The van der Waals surface area contributed by atoms with Crippen molar-refractivity contribution in [1.82, 2.24) is 9.21 Å². The van der Waals surface area contributed by atoms with Crippen molar-refractivity contribution in [2.45, 2.75) is 25.3 Å². The molecular formula is C17H26N2O3S. The first-order chi connectivity index (χ1) is 11.1. The summed E-state index contributed by atoms with van der Waals surface area (Å²) in [6, 6.07) is 8.19. The van der Waals surface area contributed by atoms with Gasteiger partial charge in [-0.2, -0.15) is 4.31 Å². The smallest absolute Gasteiger partial charge is 0.214 e. The minimum absolute atomic E-state index is 0.000383. The van der Waals surface area contributed by atoms with E-state index in [-0.39, 0.29) is 11.8 Å². The molecule has 0 unspecified atom stereocenters. The van der Waals surface area contributed by atoms with Crippen molar-refractivity contribution in [1.29, 1.82) is 0 Å². The number of benzene rings is 1. The zero-order valence-electron chi connectivity index (χ0n) is 13.8. The number of ether oxygens (including phenoxy) is 1. The van der Waals surface area contributed by atoms with E-state index in [1.165, 1.54) is 11.1 Å². The first-order valence-electron chi connectivity index (χ1n) is 8.41. The van der Waals surface area contributed by atoms with Gasteiger partial charge in [0.25, 0.3) is 0 Å². The van der Waals surface area contributed by atoms with Crippen LogP contribution in [0.15, 0.2) is 24.3 Å². The van der Waals surface area contributed by atoms with Crippen LogP contribution in [-0.4, -0.2) is 63.3 Å². The van der Waals surface area contributed by atoms with Crippen molar-refractivity contribution in [3.63, 3.8) is 0 Å². The highest BCUT2D eigenvalue weighted by atomic mass is 32.2. The van der Waals surface area contributed by atoms with Gasteiger partial charge in [-0.1, -0.05) is 24.3 Å². The Morgan fingerprint density at radius 2 is 2.00 bits per heavy atom. The third-order valence-electron chi connectivity index (χ3n) is 4.96. The van der Waals surface area contributed by atoms with Gasteiger partial charge < -0.3 is 4.74 Å². The van der Waals surface area contributed by atoms with Gasteiger partial charge in [0.2, 0.25) is 10.0 Å². The predicted molar refractivity (Wildman–Crippen MR) is 90.9 cm³/mol. The van der Waals surface area contributed by atoms with Gasteiger partial charge in [0.15, 0.2) is 0 Å². The third-order valence-corrected chi connectivity index (χ3v) is 6.90. The molecule has 128 valence electrons. The number of nitrogens with zero attached hydrogens (tertiary/aromatic N) is 2. The summed E-state index contributed by atoms with van der Waals surface area (Å²) < 4.78 is 32.2. The van der Waals surface area contributed by atoms with Gasteiger partial charge in [0, 0.05) is 26.2 Å². The highest BCUT2D eigenvalue weighted by Gasteiger charge is 2.32. The Balaban J connectivity index is 1.57. The largest absolute Gasteiger partial charge is 0.379 e. The van der Waals surface area contributed by atoms with E-state index >= 15 is 0 Å². The Bertz CT molecular complexity index is 626. The second kappa shape index (κ2) is 7.30. The molecule has 1 atom stereocenters. The average molecular weight is 338 g/mol. The van der Waals surface area contributed by atoms with Gasteiger partial charge in [0.05, 0.1) is 19.0 Å². The molecule has 1 aliphatic heterocycles. The van der Waals surface area contributed by atoms with E-state index in [1.807, 2.05) is 12.1 Å². The standard InChI is InChI=1S/C17H26N2O3S/c1-18(17-8-7-15-5-2-3-6-16(15)17)23(20,21)14-4-9-19-10-12-22-13-11-19/h2-3,5-6,17H,4,7-14H2,1H3/t17-/m0/s1. The fourth-order valence-electron chi connectivity index (χ4n) is 3.55. The van der Waals surface area contributed by atoms with Crippen LogP contribution in [0, 0.1) is 0 Å². The molecule has 1 heterocycles. The van der Waals surface area contributed by atoms with Crippen molar-refractivity contribution >= 4 is 10.0 Å². The van der Waals surface area contributed by atoms with Gasteiger partial charge in [-0.25, -0.2) is 8.42 Å². The number of morpholine rings is 1. The summed E-state index contributed by atoms with van der Waals surface area (Å²) in [5, 5.41) is 0. The molecule has 0 spiro atoms. The monoisotopic (exact) mass is 338 g/mol. The predicted octanol–water partition coefficient (Wildman–Crippen LogP) is 1.66. The topological polar surface area (TPSA) is 49.9 Å². The number of aryl methyl sites for hydroxylation is 1. The molecule has 1 aromatic carbocycles. The highest BCUT2D eigenvalue weighted by Crippen LogP contribution is 2.36. The zero-order chi connectivity index (χ0) is 16.3. The van der Waals surface area contributed by atoms with E-state index in [2.05, 4.69) is 17.0 Å². The third kappa shape index (κ3) is 3.94. The molecule has 23 heavy (non-hydrogen) atoms. The lowest BCUT2D eigenvalue weighted by atomic mass is 10.1. The normalized spacial score (nSPS) is 22.4. The van der Waals surface area contributed by atoms with Crippen LogP contribution in [0.3, 0.4) is 0 Å². The summed E-state index contributed by atoms with van der Waals surface area (Å²) in [4.78, 5) is 2.28. The summed E-state index contributed by atoms with van der Waals surface area (Å²) in [5.41, 5.74) is 2.46. The van der Waals surface area contributed by atoms with Gasteiger partial charge in [0.1, 0.15) is 0 Å². The maximum Gasteiger partial charge on any atom is 0.214 e. The Hall–Kier alpha value is -0.950. The fraction of sp³-hybridized carbons (Fsp3) is 0.647. The molecule has 0 aromatic heterocycles. The fourth-order valence-corrected chi connectivity index (χ4v) is 4.93. The lowest BCUT2D eigenvalue weighted by molar-refractivity contribution is 0.0380. The van der Waals surface area contributed by atoms with E-state index in [4.69, 9.17) is 4.74 Å². The SMILES string of the molecule is CN([C@H]1CCc2ccccc21)S(=O)(=O)CCCN1CCOCC1. The Labute approximate surface area is 139 Å². The first-order valence-corrected chi connectivity index (χ1v) is 10.0. The molecule has 0 saturated carbocycles. The molecule has 0 amide bonds. The van der Waals surface area contributed by atoms with Crippen molar-refractivity contribution in [2.24, 2.45) is 0 Å². The second-order valence-corrected chi connectivity index (χ2v) is 8.54. The zero-order valence-corrected chi connectivity index (χ0v) is 14.6. The van der Waals surface area contributed by atoms with Crippen LogP contribution < -0.4 is 0 Å². The van der Waals surface area contributed by atoms with Crippen LogP contribution in [0.5, 0.6) is 0 Å². The van der Waals surface area contributed by atoms with Crippen LogP contribution >= 0.6 is 0 Å². The Kier molecular flexibility index (Phi) is 5.36. The lowest BCUT2D eigenvalue weighted by Gasteiger charge is -2.28. The van der Waals surface area contributed by atoms with Crippen molar-refractivity contribution in [2.75, 3.05) is 45.6 Å². The van der Waals surface area contributed by atoms with E-state index < -0.39 is 10.0 Å². The molecular weight excluding hydrogens is 312 g/mol. The van der Waals surface area contributed by atoms with Crippen LogP contribution in [0.25, 0.3) is 0 Å². The number of fused-ring (bicyclic) bond motifs is 1. The van der Waals surface area contributed by atoms with Gasteiger partial charge >= 0.3 is 0 Å². The maximum atomic E-state index is 12.7. The molecule has 0 N–H and O–H groups in total. The molecule has 1 aromatic rings. The van der Waals surface area contributed by atoms with Crippen LogP contribution in [-0.2, 0) is 21.2 Å².